The van der Waals surface area contributed by atoms with Crippen LogP contribution in [0.5, 0.6) is 5.88 Å². The number of aliphatic carboxylic acids is 2. The zero-order valence-electron chi connectivity index (χ0n) is 19.3. The lowest BCUT2D eigenvalue weighted by atomic mass is 9.77. The number of ether oxygens (including phenoxy) is 2. The predicted octanol–water partition coefficient (Wildman–Crippen LogP) is 4.00. The summed E-state index contributed by atoms with van der Waals surface area (Å²) in [6.45, 7) is 3.89. The molecule has 0 aromatic carbocycles. The third-order valence-electron chi connectivity index (χ3n) is 5.40. The van der Waals surface area contributed by atoms with Crippen LogP contribution in [0.25, 0.3) is 0 Å². The van der Waals surface area contributed by atoms with Crippen molar-refractivity contribution in [1.29, 1.82) is 0 Å². The summed E-state index contributed by atoms with van der Waals surface area (Å²) in [6.07, 6.45) is -4.69. The minimum atomic E-state index is -5.08. The van der Waals surface area contributed by atoms with Crippen LogP contribution in [0, 0.1) is 11.2 Å². The van der Waals surface area contributed by atoms with Crippen LogP contribution in [-0.4, -0.2) is 81.8 Å². The van der Waals surface area contributed by atoms with Gasteiger partial charge in [-0.05, 0) is 25.0 Å². The van der Waals surface area contributed by atoms with E-state index in [9.17, 15) is 30.7 Å². The number of halogens is 7. The second-order valence-electron chi connectivity index (χ2n) is 8.08. The number of hydrogen-bond donors (Lipinski definition) is 2. The molecule has 0 amide bonds. The molecule has 38 heavy (non-hydrogen) atoms. The largest absolute Gasteiger partial charge is 0.490 e. The van der Waals surface area contributed by atoms with Crippen molar-refractivity contribution in [2.24, 2.45) is 5.41 Å². The van der Waals surface area contributed by atoms with E-state index in [2.05, 4.69) is 14.9 Å². The van der Waals surface area contributed by atoms with E-state index in [4.69, 9.17) is 29.3 Å². The van der Waals surface area contributed by atoms with E-state index in [1.165, 1.54) is 6.07 Å². The normalized spacial score (nSPS) is 21.3. The molecule has 17 heteroatoms. The summed E-state index contributed by atoms with van der Waals surface area (Å²) in [7, 11) is 0. The van der Waals surface area contributed by atoms with Gasteiger partial charge in [-0.2, -0.15) is 26.3 Å². The Hall–Kier alpha value is -3.05. The van der Waals surface area contributed by atoms with Gasteiger partial charge < -0.3 is 19.7 Å². The minimum Gasteiger partial charge on any atom is -0.475 e. The number of thiazole rings is 1. The summed E-state index contributed by atoms with van der Waals surface area (Å²) in [5.74, 6) is -5.85. The summed E-state index contributed by atoms with van der Waals surface area (Å²) in [6, 6.07) is 2.94. The highest BCUT2D eigenvalue weighted by molar-refractivity contribution is 7.09. The number of hydrogen-bond acceptors (Lipinski definition) is 8. The fraction of sp³-hybridized carbons (Fsp3) is 0.524. The molecule has 2 aromatic rings. The Labute approximate surface area is 214 Å². The highest BCUT2D eigenvalue weighted by Crippen LogP contribution is 2.41. The summed E-state index contributed by atoms with van der Waals surface area (Å²) in [5.41, 5.74) is -0.0977. The lowest BCUT2D eigenvalue weighted by Crippen LogP contribution is -2.52. The molecule has 0 saturated carbocycles. The van der Waals surface area contributed by atoms with Gasteiger partial charge in [0.1, 0.15) is 5.01 Å². The Morgan fingerprint density at radius 3 is 2.29 bits per heavy atom. The quantitative estimate of drug-likeness (QED) is 0.508. The van der Waals surface area contributed by atoms with Crippen LogP contribution >= 0.6 is 11.3 Å². The second kappa shape index (κ2) is 13.1. The maximum absolute atomic E-state index is 13.8. The van der Waals surface area contributed by atoms with Gasteiger partial charge in [0.2, 0.25) is 5.88 Å². The van der Waals surface area contributed by atoms with E-state index in [-0.39, 0.29) is 17.4 Å². The first-order valence-electron chi connectivity index (χ1n) is 10.7. The molecule has 9 nitrogen and oxygen atoms in total. The average Bonchev–Trinajstić information content (AvgIpc) is 3.48. The zero-order valence-corrected chi connectivity index (χ0v) is 20.2. The Kier molecular flexibility index (Phi) is 10.8. The first kappa shape index (κ1) is 31.2. The van der Waals surface area contributed by atoms with Gasteiger partial charge in [0.25, 0.3) is 0 Å². The molecule has 2 aromatic heterocycles. The molecule has 0 unspecified atom stereocenters. The van der Waals surface area contributed by atoms with Gasteiger partial charge in [-0.15, -0.1) is 11.3 Å². The molecular weight excluding hydrogens is 555 g/mol. The zero-order chi connectivity index (χ0) is 28.6. The monoisotopic (exact) mass is 577 g/mol. The first-order valence-corrected chi connectivity index (χ1v) is 11.6. The van der Waals surface area contributed by atoms with Gasteiger partial charge >= 0.3 is 24.3 Å². The number of alkyl halides is 6. The van der Waals surface area contributed by atoms with Crippen LogP contribution in [-0.2, 0) is 20.9 Å². The number of fused-ring (bicyclic) bond motifs is 1. The molecule has 0 radical (unpaired) electrons. The number of pyridine rings is 1. The second-order valence-corrected chi connectivity index (χ2v) is 9.06. The molecule has 2 aliphatic heterocycles. The van der Waals surface area contributed by atoms with E-state index < -0.39 is 30.1 Å². The molecule has 2 aliphatic rings. The molecule has 212 valence electrons. The molecule has 2 saturated heterocycles. The fourth-order valence-electron chi connectivity index (χ4n) is 3.69. The predicted molar refractivity (Wildman–Crippen MR) is 116 cm³/mol. The number of piperidine rings is 1. The number of carboxylic acid groups (broad SMARTS) is 2. The highest BCUT2D eigenvalue weighted by Gasteiger charge is 2.48. The molecular formula is C21H22F7N3O6S. The maximum atomic E-state index is 13.8. The van der Waals surface area contributed by atoms with Gasteiger partial charge in [0, 0.05) is 42.9 Å². The van der Waals surface area contributed by atoms with E-state index in [1.54, 1.807) is 23.6 Å². The van der Waals surface area contributed by atoms with Crippen molar-refractivity contribution in [1.82, 2.24) is 14.9 Å². The Morgan fingerprint density at radius 1 is 1.13 bits per heavy atom. The van der Waals surface area contributed by atoms with Crippen molar-refractivity contribution in [3.05, 3.63) is 40.7 Å². The molecule has 4 heterocycles. The molecule has 2 fully saturated rings. The van der Waals surface area contributed by atoms with Crippen LogP contribution in [0.15, 0.2) is 29.9 Å². The van der Waals surface area contributed by atoms with Crippen LogP contribution < -0.4 is 4.74 Å². The number of carbonyl (C=O) groups is 2. The fourth-order valence-corrected chi connectivity index (χ4v) is 4.35. The van der Waals surface area contributed by atoms with Gasteiger partial charge in [-0.25, -0.2) is 23.9 Å². The Bertz CT molecular complexity index is 1030. The van der Waals surface area contributed by atoms with E-state index in [0.717, 1.165) is 44.1 Å². The smallest absolute Gasteiger partial charge is 0.475 e. The van der Waals surface area contributed by atoms with Crippen molar-refractivity contribution >= 4 is 23.3 Å². The Balaban J connectivity index is 0.000000301. The number of rotatable bonds is 5. The van der Waals surface area contributed by atoms with Crippen LogP contribution in [0.2, 0.25) is 0 Å². The van der Waals surface area contributed by atoms with E-state index in [1.807, 2.05) is 11.6 Å². The highest BCUT2D eigenvalue weighted by atomic mass is 32.1. The van der Waals surface area contributed by atoms with Gasteiger partial charge in [-0.3, -0.25) is 4.90 Å². The maximum Gasteiger partial charge on any atom is 0.490 e. The standard InChI is InChI=1S/C17H20FN3O2S.2C2HF3O2/c18-13-2-1-5-20-16(13)23-12-17-4-8-22-14(17)3-7-21(11-17)10-15-19-6-9-24-15;2*3-2(4,5)1(6)7/h1-2,5-6,9,14H,3-4,7-8,10-12H2;2*(H,6,7)/t14-,17+;;/m1../s1. The lowest BCUT2D eigenvalue weighted by Gasteiger charge is -2.43. The van der Waals surface area contributed by atoms with Crippen LogP contribution in [0.1, 0.15) is 17.8 Å². The van der Waals surface area contributed by atoms with Gasteiger partial charge in [0.05, 0.1) is 19.3 Å². The molecule has 0 bridgehead atoms. The van der Waals surface area contributed by atoms with Crippen molar-refractivity contribution in [3.63, 3.8) is 0 Å². The average molecular weight is 577 g/mol. The third kappa shape index (κ3) is 9.36. The minimum absolute atomic E-state index is 0.0783. The summed E-state index contributed by atoms with van der Waals surface area (Å²) in [4.78, 5) is 28.6. The van der Waals surface area contributed by atoms with Crippen molar-refractivity contribution in [2.45, 2.75) is 37.8 Å². The number of aromatic nitrogens is 2. The molecule has 2 atom stereocenters. The number of likely N-dealkylation sites (tertiary alicyclic amines) is 1. The molecule has 2 N–H and O–H groups in total. The van der Waals surface area contributed by atoms with Crippen molar-refractivity contribution < 1.29 is 60.0 Å². The van der Waals surface area contributed by atoms with Crippen LogP contribution in [0.4, 0.5) is 30.7 Å². The first-order chi connectivity index (χ1) is 17.6. The summed E-state index contributed by atoms with van der Waals surface area (Å²) < 4.78 is 88.9. The van der Waals surface area contributed by atoms with Crippen molar-refractivity contribution in [2.75, 3.05) is 26.3 Å². The molecule has 0 aliphatic carbocycles. The van der Waals surface area contributed by atoms with E-state index in [0.29, 0.717) is 6.61 Å². The van der Waals surface area contributed by atoms with Gasteiger partial charge in [-0.1, -0.05) is 0 Å². The lowest BCUT2D eigenvalue weighted by molar-refractivity contribution is -0.193. The third-order valence-corrected chi connectivity index (χ3v) is 6.16. The number of nitrogens with zero attached hydrogens (tertiary/aromatic N) is 3. The van der Waals surface area contributed by atoms with Gasteiger partial charge in [0.15, 0.2) is 5.82 Å². The number of carboxylic acids is 2. The topological polar surface area (TPSA) is 122 Å². The summed E-state index contributed by atoms with van der Waals surface area (Å²) >= 11 is 1.68. The molecule has 4 rings (SSSR count). The van der Waals surface area contributed by atoms with Crippen molar-refractivity contribution in [3.8, 4) is 5.88 Å². The molecule has 0 spiro atoms. The Morgan fingerprint density at radius 2 is 1.76 bits per heavy atom. The SMILES string of the molecule is Fc1cccnc1OC[C@@]12CCO[C@@H]1CCN(Cc1nccs1)C2.O=C(O)C(F)(F)F.O=C(O)C(F)(F)F. The van der Waals surface area contributed by atoms with E-state index >= 15 is 0 Å². The van der Waals surface area contributed by atoms with Crippen LogP contribution in [0.3, 0.4) is 0 Å². The summed E-state index contributed by atoms with van der Waals surface area (Å²) in [5, 5.41) is 17.4.